The van der Waals surface area contributed by atoms with E-state index in [-0.39, 0.29) is 29.5 Å². The van der Waals surface area contributed by atoms with Crippen LogP contribution in [-0.2, 0) is 4.79 Å². The molecular formula is C12H15N3O5. The molecule has 0 radical (unpaired) electrons. The van der Waals surface area contributed by atoms with E-state index >= 15 is 0 Å². The summed E-state index contributed by atoms with van der Waals surface area (Å²) >= 11 is 0. The van der Waals surface area contributed by atoms with E-state index in [0.29, 0.717) is 6.54 Å². The number of phenols is 1. The number of hydrogen-bond acceptors (Lipinski definition) is 4. The summed E-state index contributed by atoms with van der Waals surface area (Å²) in [6.07, 6.45) is 0. The maximum atomic E-state index is 11.5. The quantitative estimate of drug-likeness (QED) is 0.497. The number of carbonyl (C=O) groups excluding carboxylic acids is 2. The molecule has 1 aromatic carbocycles. The van der Waals surface area contributed by atoms with Crippen molar-refractivity contribution in [3.8, 4) is 5.75 Å². The fraction of sp³-hybridized carbons (Fsp3) is 0.250. The number of urea groups is 1. The minimum atomic E-state index is -1.19. The summed E-state index contributed by atoms with van der Waals surface area (Å²) in [4.78, 5) is 33.3. The van der Waals surface area contributed by atoms with Gasteiger partial charge >= 0.3 is 12.0 Å². The first kappa shape index (κ1) is 15.3. The molecule has 0 saturated heterocycles. The molecule has 20 heavy (non-hydrogen) atoms. The molecule has 0 aromatic heterocycles. The number of phenolic OH excluding ortho intramolecular Hbond substituents is 1. The highest BCUT2D eigenvalue weighted by atomic mass is 16.4. The molecule has 0 aliphatic carbocycles. The van der Waals surface area contributed by atoms with Crippen molar-refractivity contribution in [3.63, 3.8) is 0 Å². The first-order chi connectivity index (χ1) is 9.43. The Morgan fingerprint density at radius 3 is 2.45 bits per heavy atom. The summed E-state index contributed by atoms with van der Waals surface area (Å²) in [6.45, 7) is 2.01. The lowest BCUT2D eigenvalue weighted by Crippen LogP contribution is -2.38. The molecule has 0 heterocycles. The van der Waals surface area contributed by atoms with Crippen molar-refractivity contribution in [2.45, 2.75) is 6.92 Å². The van der Waals surface area contributed by atoms with Crippen LogP contribution < -0.4 is 16.0 Å². The zero-order chi connectivity index (χ0) is 15.1. The van der Waals surface area contributed by atoms with Gasteiger partial charge in [0.1, 0.15) is 5.75 Å². The van der Waals surface area contributed by atoms with Gasteiger partial charge in [-0.3, -0.25) is 4.79 Å². The Balaban J connectivity index is 2.58. The fourth-order valence-corrected chi connectivity index (χ4v) is 1.36. The maximum Gasteiger partial charge on any atom is 0.335 e. The number of carbonyl (C=O) groups is 3. The van der Waals surface area contributed by atoms with Crippen molar-refractivity contribution >= 4 is 23.6 Å². The van der Waals surface area contributed by atoms with E-state index in [2.05, 4.69) is 16.0 Å². The monoisotopic (exact) mass is 281 g/mol. The summed E-state index contributed by atoms with van der Waals surface area (Å²) < 4.78 is 0. The van der Waals surface area contributed by atoms with Gasteiger partial charge in [-0.15, -0.1) is 0 Å². The van der Waals surface area contributed by atoms with Crippen molar-refractivity contribution in [2.24, 2.45) is 0 Å². The van der Waals surface area contributed by atoms with Crippen molar-refractivity contribution in [3.05, 3.63) is 23.8 Å². The summed E-state index contributed by atoms with van der Waals surface area (Å²) in [5, 5.41) is 25.4. The van der Waals surface area contributed by atoms with E-state index in [1.807, 2.05) is 0 Å². The smallest absolute Gasteiger partial charge is 0.335 e. The van der Waals surface area contributed by atoms with E-state index in [0.717, 1.165) is 6.07 Å². The molecule has 0 atom stereocenters. The number of hydrogen-bond donors (Lipinski definition) is 5. The van der Waals surface area contributed by atoms with Gasteiger partial charge in [-0.1, -0.05) is 0 Å². The zero-order valence-electron chi connectivity index (χ0n) is 10.8. The second kappa shape index (κ2) is 6.98. The third-order valence-corrected chi connectivity index (χ3v) is 2.28. The van der Waals surface area contributed by atoms with E-state index in [9.17, 15) is 19.5 Å². The van der Waals surface area contributed by atoms with Crippen molar-refractivity contribution in [2.75, 3.05) is 18.4 Å². The molecule has 108 valence electrons. The first-order valence-corrected chi connectivity index (χ1v) is 5.82. The minimum absolute atomic E-state index is 0.0448. The molecule has 0 bridgehead atoms. The molecule has 1 rings (SSSR count). The van der Waals surface area contributed by atoms with E-state index in [1.165, 1.54) is 12.1 Å². The summed E-state index contributed by atoms with van der Waals surface area (Å²) in [7, 11) is 0. The molecule has 0 unspecified atom stereocenters. The second-order valence-electron chi connectivity index (χ2n) is 3.80. The van der Waals surface area contributed by atoms with Gasteiger partial charge in [0.2, 0.25) is 5.91 Å². The average molecular weight is 281 g/mol. The lowest BCUT2D eigenvalue weighted by atomic mass is 10.2. The minimum Gasteiger partial charge on any atom is -0.506 e. The molecular weight excluding hydrogens is 266 g/mol. The van der Waals surface area contributed by atoms with Crippen LogP contribution in [0.5, 0.6) is 5.75 Å². The second-order valence-corrected chi connectivity index (χ2v) is 3.80. The van der Waals surface area contributed by atoms with Crippen LogP contribution in [0, 0.1) is 0 Å². The molecule has 0 saturated carbocycles. The molecule has 0 aliphatic heterocycles. The van der Waals surface area contributed by atoms with Gasteiger partial charge in [0.15, 0.2) is 0 Å². The molecule has 1 aromatic rings. The van der Waals surface area contributed by atoms with E-state index in [4.69, 9.17) is 5.11 Å². The topological polar surface area (TPSA) is 128 Å². The number of carboxylic acid groups (broad SMARTS) is 1. The van der Waals surface area contributed by atoms with E-state index < -0.39 is 12.0 Å². The van der Waals surface area contributed by atoms with Gasteiger partial charge in [-0.2, -0.15) is 0 Å². The Bertz CT molecular complexity index is 530. The molecule has 5 N–H and O–H groups in total. The highest BCUT2D eigenvalue weighted by Gasteiger charge is 2.10. The van der Waals surface area contributed by atoms with Gasteiger partial charge in [0.25, 0.3) is 0 Å². The fourth-order valence-electron chi connectivity index (χ4n) is 1.36. The third kappa shape index (κ3) is 4.48. The van der Waals surface area contributed by atoms with Crippen LogP contribution >= 0.6 is 0 Å². The molecule has 8 nitrogen and oxygen atoms in total. The number of carboxylic acids is 1. The number of rotatable bonds is 5. The van der Waals surface area contributed by atoms with Gasteiger partial charge in [-0.05, 0) is 25.1 Å². The average Bonchev–Trinajstić information content (AvgIpc) is 2.39. The predicted octanol–water partition coefficient (Wildman–Crippen LogP) is 0.348. The Morgan fingerprint density at radius 1 is 1.20 bits per heavy atom. The van der Waals surface area contributed by atoms with Crippen LogP contribution in [0.3, 0.4) is 0 Å². The van der Waals surface area contributed by atoms with Crippen LogP contribution in [0.25, 0.3) is 0 Å². The van der Waals surface area contributed by atoms with Crippen molar-refractivity contribution in [1.29, 1.82) is 0 Å². The van der Waals surface area contributed by atoms with Gasteiger partial charge < -0.3 is 26.2 Å². The van der Waals surface area contributed by atoms with Crippen LogP contribution in [0.2, 0.25) is 0 Å². The highest BCUT2D eigenvalue weighted by molar-refractivity contribution is 5.95. The lowest BCUT2D eigenvalue weighted by molar-refractivity contribution is -0.119. The Morgan fingerprint density at radius 2 is 1.90 bits per heavy atom. The Labute approximate surface area is 114 Å². The molecule has 8 heteroatoms. The number of aromatic hydroxyl groups is 1. The lowest BCUT2D eigenvalue weighted by Gasteiger charge is -2.09. The standard InChI is InChI=1S/C12H15N3O5/c1-2-13-10(17)6-14-12(20)15-8-4-3-7(11(18)19)5-9(8)16/h3-5,16H,2,6H2,1H3,(H,13,17)(H,18,19)(H2,14,15,20). The largest absolute Gasteiger partial charge is 0.506 e. The highest BCUT2D eigenvalue weighted by Crippen LogP contribution is 2.24. The third-order valence-electron chi connectivity index (χ3n) is 2.28. The van der Waals surface area contributed by atoms with Gasteiger partial charge in [0.05, 0.1) is 17.8 Å². The number of amides is 3. The van der Waals surface area contributed by atoms with Crippen LogP contribution in [0.15, 0.2) is 18.2 Å². The summed E-state index contributed by atoms with van der Waals surface area (Å²) in [6, 6.07) is 2.82. The summed E-state index contributed by atoms with van der Waals surface area (Å²) in [5.41, 5.74) is -0.0563. The summed E-state index contributed by atoms with van der Waals surface area (Å²) in [5.74, 6) is -1.90. The maximum absolute atomic E-state index is 11.5. The number of nitrogens with one attached hydrogen (secondary N) is 3. The Hall–Kier alpha value is -2.77. The molecule has 0 aliphatic rings. The molecule has 0 fully saturated rings. The molecule has 0 spiro atoms. The van der Waals surface area contributed by atoms with Gasteiger partial charge in [0, 0.05) is 6.54 Å². The van der Waals surface area contributed by atoms with E-state index in [1.54, 1.807) is 6.92 Å². The van der Waals surface area contributed by atoms with Crippen LogP contribution in [0.1, 0.15) is 17.3 Å². The zero-order valence-corrected chi connectivity index (χ0v) is 10.8. The van der Waals surface area contributed by atoms with Crippen LogP contribution in [0.4, 0.5) is 10.5 Å². The normalized spacial score (nSPS) is 9.65. The number of benzene rings is 1. The number of aromatic carboxylic acids is 1. The number of likely N-dealkylation sites (N-methyl/N-ethyl adjacent to an activating group) is 1. The van der Waals surface area contributed by atoms with Gasteiger partial charge in [-0.25, -0.2) is 9.59 Å². The number of anilines is 1. The molecule has 3 amide bonds. The van der Waals surface area contributed by atoms with Crippen molar-refractivity contribution in [1.82, 2.24) is 10.6 Å². The van der Waals surface area contributed by atoms with Crippen molar-refractivity contribution < 1.29 is 24.6 Å². The SMILES string of the molecule is CCNC(=O)CNC(=O)Nc1ccc(C(=O)O)cc1O. The van der Waals surface area contributed by atoms with Crippen LogP contribution in [-0.4, -0.2) is 41.2 Å². The Kier molecular flexibility index (Phi) is 5.33. The first-order valence-electron chi connectivity index (χ1n) is 5.82. The predicted molar refractivity (Wildman–Crippen MR) is 70.8 cm³/mol.